The third-order valence-electron chi connectivity index (χ3n) is 6.39. The van der Waals surface area contributed by atoms with Crippen LogP contribution in [0, 0.1) is 0 Å². The Morgan fingerprint density at radius 2 is 1.89 bits per heavy atom. The molecule has 2 heterocycles. The van der Waals surface area contributed by atoms with Crippen LogP contribution in [0.15, 0.2) is 48.5 Å². The molecule has 7 heteroatoms. The van der Waals surface area contributed by atoms with Crippen LogP contribution < -0.4 is 14.8 Å². The van der Waals surface area contributed by atoms with E-state index in [1.807, 2.05) is 49.4 Å². The lowest BCUT2D eigenvalue weighted by Crippen LogP contribution is -2.43. The summed E-state index contributed by atoms with van der Waals surface area (Å²) in [7, 11) is 1.65. The lowest BCUT2D eigenvalue weighted by atomic mass is 10.0. The van der Waals surface area contributed by atoms with Crippen molar-refractivity contribution in [2.75, 3.05) is 46.6 Å². The Balaban J connectivity index is 1.62. The molecule has 35 heavy (non-hydrogen) atoms. The van der Waals surface area contributed by atoms with Gasteiger partial charge in [0.25, 0.3) is 5.91 Å². The van der Waals surface area contributed by atoms with Gasteiger partial charge in [0.2, 0.25) is 0 Å². The van der Waals surface area contributed by atoms with Gasteiger partial charge in [0.1, 0.15) is 0 Å². The van der Waals surface area contributed by atoms with E-state index in [-0.39, 0.29) is 17.9 Å². The molecule has 1 saturated heterocycles. The lowest BCUT2D eigenvalue weighted by Gasteiger charge is -2.35. The average molecular weight is 478 g/mol. The van der Waals surface area contributed by atoms with Crippen LogP contribution in [-0.4, -0.2) is 62.4 Å². The molecule has 1 unspecified atom stereocenters. The molecule has 4 rings (SSSR count). The molecular weight excluding hydrogens is 442 g/mol. The number of nitrogens with zero attached hydrogens (tertiary/aromatic N) is 2. The van der Waals surface area contributed by atoms with Crippen LogP contribution in [0.1, 0.15) is 54.3 Å². The molecule has 3 aromatic rings. The van der Waals surface area contributed by atoms with Gasteiger partial charge in [0.15, 0.2) is 11.5 Å². The molecule has 1 atom stereocenters. The maximum absolute atomic E-state index is 13.5. The van der Waals surface area contributed by atoms with Crippen LogP contribution in [0.2, 0.25) is 0 Å². The van der Waals surface area contributed by atoms with E-state index < -0.39 is 0 Å². The highest BCUT2D eigenvalue weighted by molar-refractivity contribution is 6.06. The van der Waals surface area contributed by atoms with E-state index in [1.165, 1.54) is 0 Å². The Kier molecular flexibility index (Phi) is 8.21. The fourth-order valence-corrected chi connectivity index (χ4v) is 4.48. The van der Waals surface area contributed by atoms with Crippen LogP contribution >= 0.6 is 0 Å². The Labute approximate surface area is 207 Å². The summed E-state index contributed by atoms with van der Waals surface area (Å²) in [6.45, 7) is 10.1. The highest BCUT2D eigenvalue weighted by Gasteiger charge is 2.25. The molecule has 1 amide bonds. The smallest absolute Gasteiger partial charge is 0.252 e. The quantitative estimate of drug-likeness (QED) is 0.487. The van der Waals surface area contributed by atoms with Crippen LogP contribution in [0.25, 0.3) is 10.9 Å². The molecule has 1 aromatic heterocycles. The van der Waals surface area contributed by atoms with E-state index in [9.17, 15) is 4.79 Å². The molecular formula is C28H35N3O4. The van der Waals surface area contributed by atoms with Crippen molar-refractivity contribution in [3.05, 3.63) is 65.4 Å². The first-order valence-electron chi connectivity index (χ1n) is 12.3. The number of hydrogen-bond acceptors (Lipinski definition) is 6. The number of methoxy groups -OCH3 is 1. The third-order valence-corrected chi connectivity index (χ3v) is 6.39. The van der Waals surface area contributed by atoms with Gasteiger partial charge < -0.3 is 19.5 Å². The zero-order valence-corrected chi connectivity index (χ0v) is 21.0. The SMILES string of the molecule is CCOc1ccc(C(CNC(=O)c2cc(C(C)C)nc3ccccc23)N2CCOCC2)cc1OC. The molecule has 1 aliphatic heterocycles. The predicted molar refractivity (Wildman–Crippen MR) is 137 cm³/mol. The van der Waals surface area contributed by atoms with Crippen molar-refractivity contribution in [2.45, 2.75) is 32.7 Å². The van der Waals surface area contributed by atoms with Crippen molar-refractivity contribution in [3.63, 3.8) is 0 Å². The van der Waals surface area contributed by atoms with E-state index in [1.54, 1.807) is 7.11 Å². The van der Waals surface area contributed by atoms with Crippen LogP contribution in [0.4, 0.5) is 0 Å². The van der Waals surface area contributed by atoms with Gasteiger partial charge in [0, 0.05) is 30.7 Å². The molecule has 2 aromatic carbocycles. The van der Waals surface area contributed by atoms with Gasteiger partial charge in [0.05, 0.1) is 44.1 Å². The highest BCUT2D eigenvalue weighted by Crippen LogP contribution is 2.32. The fourth-order valence-electron chi connectivity index (χ4n) is 4.48. The first-order chi connectivity index (χ1) is 17.0. The molecule has 1 N–H and O–H groups in total. The number of amides is 1. The number of benzene rings is 2. The van der Waals surface area contributed by atoms with Crippen molar-refractivity contribution in [1.82, 2.24) is 15.2 Å². The standard InChI is InChI=1S/C28H35N3O4/c1-5-35-26-11-10-20(16-27(26)33-4)25(31-12-14-34-15-13-31)18-29-28(32)22-17-24(19(2)3)30-23-9-7-6-8-21(22)23/h6-11,16-17,19,25H,5,12-15,18H2,1-4H3,(H,29,32). The summed E-state index contributed by atoms with van der Waals surface area (Å²) in [4.78, 5) is 20.6. The summed E-state index contributed by atoms with van der Waals surface area (Å²) < 4.78 is 16.9. The highest BCUT2D eigenvalue weighted by atomic mass is 16.5. The number of aromatic nitrogens is 1. The Hall–Kier alpha value is -3.16. The van der Waals surface area contributed by atoms with Crippen molar-refractivity contribution >= 4 is 16.8 Å². The number of hydrogen-bond donors (Lipinski definition) is 1. The minimum atomic E-state index is -0.0957. The van der Waals surface area contributed by atoms with Gasteiger partial charge in [-0.25, -0.2) is 0 Å². The number of carbonyl (C=O) groups excluding carboxylic acids is 1. The number of rotatable bonds is 9. The Bertz CT molecular complexity index is 1160. The molecule has 1 fully saturated rings. The normalized spacial score (nSPS) is 15.2. The lowest BCUT2D eigenvalue weighted by molar-refractivity contribution is 0.0162. The predicted octanol–water partition coefficient (Wildman–Crippen LogP) is 4.57. The van der Waals surface area contributed by atoms with Gasteiger partial charge in [-0.2, -0.15) is 0 Å². The number of fused-ring (bicyclic) bond motifs is 1. The summed E-state index contributed by atoms with van der Waals surface area (Å²) in [5, 5.41) is 4.07. The van der Waals surface area contributed by atoms with E-state index in [4.69, 9.17) is 19.2 Å². The Morgan fingerprint density at radius 1 is 1.11 bits per heavy atom. The Morgan fingerprint density at radius 3 is 2.60 bits per heavy atom. The number of carbonyl (C=O) groups is 1. The van der Waals surface area contributed by atoms with Crippen molar-refractivity contribution in [2.24, 2.45) is 0 Å². The molecule has 0 aliphatic carbocycles. The van der Waals surface area contributed by atoms with Gasteiger partial charge >= 0.3 is 0 Å². The number of para-hydroxylation sites is 1. The number of morpholine rings is 1. The number of pyridine rings is 1. The van der Waals surface area contributed by atoms with E-state index >= 15 is 0 Å². The molecule has 0 spiro atoms. The molecule has 0 bridgehead atoms. The molecule has 7 nitrogen and oxygen atoms in total. The first kappa shape index (κ1) is 24.9. The van der Waals surface area contributed by atoms with Crippen LogP contribution in [-0.2, 0) is 4.74 Å². The molecule has 1 aliphatic rings. The summed E-state index contributed by atoms with van der Waals surface area (Å²) in [6, 6.07) is 15.7. The van der Waals surface area contributed by atoms with Crippen molar-refractivity contribution in [3.8, 4) is 11.5 Å². The van der Waals surface area contributed by atoms with Gasteiger partial charge in [-0.15, -0.1) is 0 Å². The maximum atomic E-state index is 13.5. The molecule has 0 radical (unpaired) electrons. The second kappa shape index (κ2) is 11.5. The topological polar surface area (TPSA) is 72.9 Å². The molecule has 186 valence electrons. The van der Waals surface area contributed by atoms with Crippen molar-refractivity contribution < 1.29 is 19.0 Å². The average Bonchev–Trinajstić information content (AvgIpc) is 2.89. The number of ether oxygens (including phenoxy) is 3. The van der Waals surface area contributed by atoms with Crippen LogP contribution in [0.3, 0.4) is 0 Å². The van der Waals surface area contributed by atoms with Crippen LogP contribution in [0.5, 0.6) is 11.5 Å². The van der Waals surface area contributed by atoms with Gasteiger partial charge in [-0.3, -0.25) is 14.7 Å². The summed E-state index contributed by atoms with van der Waals surface area (Å²) >= 11 is 0. The first-order valence-corrected chi connectivity index (χ1v) is 12.3. The third kappa shape index (κ3) is 5.74. The minimum absolute atomic E-state index is 0.0231. The maximum Gasteiger partial charge on any atom is 0.252 e. The summed E-state index contributed by atoms with van der Waals surface area (Å²) in [6.07, 6.45) is 0. The second-order valence-electron chi connectivity index (χ2n) is 8.98. The van der Waals surface area contributed by atoms with Gasteiger partial charge in [-0.1, -0.05) is 38.1 Å². The monoisotopic (exact) mass is 477 g/mol. The van der Waals surface area contributed by atoms with Crippen molar-refractivity contribution in [1.29, 1.82) is 0 Å². The second-order valence-corrected chi connectivity index (χ2v) is 8.98. The summed E-state index contributed by atoms with van der Waals surface area (Å²) in [5.41, 5.74) is 3.47. The number of nitrogens with one attached hydrogen (secondary N) is 1. The van der Waals surface area contributed by atoms with E-state index in [2.05, 4.69) is 30.1 Å². The minimum Gasteiger partial charge on any atom is -0.493 e. The zero-order valence-electron chi connectivity index (χ0n) is 21.0. The molecule has 0 saturated carbocycles. The van der Waals surface area contributed by atoms with Gasteiger partial charge in [-0.05, 0) is 42.7 Å². The van der Waals surface area contributed by atoms with E-state index in [0.29, 0.717) is 43.4 Å². The largest absolute Gasteiger partial charge is 0.493 e. The fraction of sp³-hybridized carbons (Fsp3) is 0.429. The summed E-state index contributed by atoms with van der Waals surface area (Å²) in [5.74, 6) is 1.54. The zero-order chi connectivity index (χ0) is 24.8. The van der Waals surface area contributed by atoms with E-state index in [0.717, 1.165) is 35.2 Å².